The van der Waals surface area contributed by atoms with Gasteiger partial charge in [0.1, 0.15) is 6.10 Å². The second-order valence-corrected chi connectivity index (χ2v) is 4.47. The lowest BCUT2D eigenvalue weighted by molar-refractivity contribution is -0.205. The van der Waals surface area contributed by atoms with E-state index in [1.165, 1.54) is 0 Å². The van der Waals surface area contributed by atoms with Gasteiger partial charge in [-0.2, -0.15) is 0 Å². The number of rotatable bonds is 3. The van der Waals surface area contributed by atoms with Crippen molar-refractivity contribution in [3.8, 4) is 0 Å². The minimum absolute atomic E-state index is 0.0428. The SMILES string of the molecule is CC1(C)O[C@H]2O[C@@H](CCC(=O)O)C[C@H]2O1. The molecule has 0 aliphatic carbocycles. The highest BCUT2D eigenvalue weighted by molar-refractivity contribution is 5.66. The van der Waals surface area contributed by atoms with Gasteiger partial charge in [0.25, 0.3) is 0 Å². The first kappa shape index (κ1) is 10.9. The largest absolute Gasteiger partial charge is 0.481 e. The van der Waals surface area contributed by atoms with Crippen LogP contribution in [0.5, 0.6) is 0 Å². The molecule has 2 aliphatic heterocycles. The number of hydrogen-bond donors (Lipinski definition) is 1. The molecule has 0 amide bonds. The fourth-order valence-electron chi connectivity index (χ4n) is 2.05. The van der Waals surface area contributed by atoms with Crippen LogP contribution in [0.15, 0.2) is 0 Å². The van der Waals surface area contributed by atoms with E-state index in [-0.39, 0.29) is 24.9 Å². The van der Waals surface area contributed by atoms with Crippen LogP contribution >= 0.6 is 0 Å². The van der Waals surface area contributed by atoms with E-state index in [1.807, 2.05) is 13.8 Å². The van der Waals surface area contributed by atoms with Crippen molar-refractivity contribution in [2.24, 2.45) is 0 Å². The molecule has 0 bridgehead atoms. The first-order chi connectivity index (χ1) is 6.96. The van der Waals surface area contributed by atoms with E-state index in [9.17, 15) is 4.79 Å². The zero-order valence-electron chi connectivity index (χ0n) is 8.93. The Labute approximate surface area is 88.3 Å². The van der Waals surface area contributed by atoms with E-state index in [0.717, 1.165) is 6.42 Å². The highest BCUT2D eigenvalue weighted by atomic mass is 16.8. The molecule has 0 aromatic carbocycles. The molecule has 1 N–H and O–H groups in total. The lowest BCUT2D eigenvalue weighted by Crippen LogP contribution is -2.24. The van der Waals surface area contributed by atoms with Crippen LogP contribution in [0.25, 0.3) is 0 Å². The van der Waals surface area contributed by atoms with Gasteiger partial charge < -0.3 is 19.3 Å². The van der Waals surface area contributed by atoms with Crippen LogP contribution < -0.4 is 0 Å². The van der Waals surface area contributed by atoms with Crippen molar-refractivity contribution in [2.45, 2.75) is 57.4 Å². The Balaban J connectivity index is 1.81. The van der Waals surface area contributed by atoms with Crippen LogP contribution in [-0.4, -0.2) is 35.4 Å². The average Bonchev–Trinajstić information content (AvgIpc) is 2.53. The molecule has 2 aliphatic rings. The summed E-state index contributed by atoms with van der Waals surface area (Å²) in [6, 6.07) is 0. The summed E-state index contributed by atoms with van der Waals surface area (Å²) in [5.74, 6) is -1.37. The molecule has 15 heavy (non-hydrogen) atoms. The molecule has 0 aromatic rings. The van der Waals surface area contributed by atoms with Gasteiger partial charge in [-0.25, -0.2) is 0 Å². The number of carboxylic acids is 1. The molecule has 0 spiro atoms. The Bertz CT molecular complexity index is 247. The summed E-state index contributed by atoms with van der Waals surface area (Å²) in [7, 11) is 0. The van der Waals surface area contributed by atoms with Crippen molar-refractivity contribution in [2.75, 3.05) is 0 Å². The minimum Gasteiger partial charge on any atom is -0.481 e. The normalized spacial score (nSPS) is 37.9. The third-order valence-corrected chi connectivity index (χ3v) is 2.64. The third kappa shape index (κ3) is 2.48. The molecule has 0 aromatic heterocycles. The Morgan fingerprint density at radius 1 is 1.47 bits per heavy atom. The van der Waals surface area contributed by atoms with Crippen LogP contribution in [-0.2, 0) is 19.0 Å². The first-order valence-corrected chi connectivity index (χ1v) is 5.19. The molecule has 2 heterocycles. The molecule has 5 nitrogen and oxygen atoms in total. The summed E-state index contributed by atoms with van der Waals surface area (Å²) in [5.41, 5.74) is 0. The molecule has 5 heteroatoms. The van der Waals surface area contributed by atoms with Crippen molar-refractivity contribution in [1.29, 1.82) is 0 Å². The van der Waals surface area contributed by atoms with Gasteiger partial charge in [-0.3, -0.25) is 4.79 Å². The fraction of sp³-hybridized carbons (Fsp3) is 0.900. The zero-order valence-corrected chi connectivity index (χ0v) is 8.93. The Kier molecular flexibility index (Phi) is 2.70. The molecule has 0 radical (unpaired) electrons. The average molecular weight is 216 g/mol. The van der Waals surface area contributed by atoms with Gasteiger partial charge in [0.15, 0.2) is 12.1 Å². The standard InChI is InChI=1S/C10H16O5/c1-10(2)14-7-5-6(3-4-8(11)12)13-9(7)15-10/h6-7,9H,3-5H2,1-2H3,(H,11,12)/t6-,7+,9+/m0/s1. The molecule has 0 unspecified atom stereocenters. The smallest absolute Gasteiger partial charge is 0.303 e. The van der Waals surface area contributed by atoms with E-state index >= 15 is 0 Å². The van der Waals surface area contributed by atoms with Crippen LogP contribution in [0.1, 0.15) is 33.1 Å². The van der Waals surface area contributed by atoms with Crippen LogP contribution in [0.2, 0.25) is 0 Å². The summed E-state index contributed by atoms with van der Waals surface area (Å²) in [4.78, 5) is 10.4. The van der Waals surface area contributed by atoms with E-state index < -0.39 is 11.8 Å². The number of hydrogen-bond acceptors (Lipinski definition) is 4. The number of fused-ring (bicyclic) bond motifs is 1. The minimum atomic E-state index is -0.794. The van der Waals surface area contributed by atoms with Crippen molar-refractivity contribution in [3.63, 3.8) is 0 Å². The molecule has 0 saturated carbocycles. The van der Waals surface area contributed by atoms with Crippen molar-refractivity contribution in [1.82, 2.24) is 0 Å². The van der Waals surface area contributed by atoms with Gasteiger partial charge in [0.05, 0.1) is 6.10 Å². The highest BCUT2D eigenvalue weighted by Crippen LogP contribution is 2.38. The topological polar surface area (TPSA) is 65.0 Å². The summed E-state index contributed by atoms with van der Waals surface area (Å²) in [5, 5.41) is 8.54. The molecule has 2 fully saturated rings. The molecule has 3 atom stereocenters. The van der Waals surface area contributed by atoms with Gasteiger partial charge >= 0.3 is 5.97 Å². The van der Waals surface area contributed by atoms with E-state index in [2.05, 4.69) is 0 Å². The van der Waals surface area contributed by atoms with E-state index in [1.54, 1.807) is 0 Å². The third-order valence-electron chi connectivity index (χ3n) is 2.64. The monoisotopic (exact) mass is 216 g/mol. The maximum atomic E-state index is 10.4. The first-order valence-electron chi connectivity index (χ1n) is 5.19. The van der Waals surface area contributed by atoms with Gasteiger partial charge in [-0.15, -0.1) is 0 Å². The van der Waals surface area contributed by atoms with Crippen LogP contribution in [0.4, 0.5) is 0 Å². The molecule has 86 valence electrons. The van der Waals surface area contributed by atoms with Gasteiger partial charge in [-0.05, 0) is 20.3 Å². The molecular weight excluding hydrogens is 200 g/mol. The number of aliphatic carboxylic acids is 1. The summed E-state index contributed by atoms with van der Waals surface area (Å²) in [6.45, 7) is 3.70. The lowest BCUT2D eigenvalue weighted by atomic mass is 10.1. The number of ether oxygens (including phenoxy) is 3. The number of carbonyl (C=O) groups is 1. The highest BCUT2D eigenvalue weighted by Gasteiger charge is 2.48. The van der Waals surface area contributed by atoms with Gasteiger partial charge in [-0.1, -0.05) is 0 Å². The zero-order chi connectivity index (χ0) is 11.1. The molecular formula is C10H16O5. The van der Waals surface area contributed by atoms with Crippen LogP contribution in [0, 0.1) is 0 Å². The van der Waals surface area contributed by atoms with E-state index in [4.69, 9.17) is 19.3 Å². The Hall–Kier alpha value is -0.650. The van der Waals surface area contributed by atoms with Crippen molar-refractivity contribution < 1.29 is 24.1 Å². The summed E-state index contributed by atoms with van der Waals surface area (Å²) < 4.78 is 16.7. The number of carboxylic acid groups (broad SMARTS) is 1. The lowest BCUT2D eigenvalue weighted by Gasteiger charge is -2.20. The summed E-state index contributed by atoms with van der Waals surface area (Å²) >= 11 is 0. The van der Waals surface area contributed by atoms with Gasteiger partial charge in [0.2, 0.25) is 0 Å². The van der Waals surface area contributed by atoms with Crippen molar-refractivity contribution >= 4 is 5.97 Å². The maximum absolute atomic E-state index is 10.4. The van der Waals surface area contributed by atoms with E-state index in [0.29, 0.717) is 6.42 Å². The molecule has 2 saturated heterocycles. The second kappa shape index (κ2) is 3.73. The predicted molar refractivity (Wildman–Crippen MR) is 50.2 cm³/mol. The molecule has 2 rings (SSSR count). The predicted octanol–water partition coefficient (Wildman–Crippen LogP) is 1.12. The Morgan fingerprint density at radius 3 is 2.80 bits per heavy atom. The second-order valence-electron chi connectivity index (χ2n) is 4.47. The maximum Gasteiger partial charge on any atom is 0.303 e. The quantitative estimate of drug-likeness (QED) is 0.765. The van der Waals surface area contributed by atoms with Gasteiger partial charge in [0, 0.05) is 12.8 Å². The Morgan fingerprint density at radius 2 is 2.20 bits per heavy atom. The fourth-order valence-corrected chi connectivity index (χ4v) is 2.05. The van der Waals surface area contributed by atoms with Crippen molar-refractivity contribution in [3.05, 3.63) is 0 Å². The summed E-state index contributed by atoms with van der Waals surface area (Å²) in [6.07, 6.45) is 0.967. The van der Waals surface area contributed by atoms with Crippen LogP contribution in [0.3, 0.4) is 0 Å².